The number of benzene rings is 5. The first-order valence-corrected chi connectivity index (χ1v) is 17.5. The second-order valence-corrected chi connectivity index (χ2v) is 15.0. The summed E-state index contributed by atoms with van der Waals surface area (Å²) in [4.78, 5) is 15.8. The van der Waals surface area contributed by atoms with Gasteiger partial charge in [0.15, 0.2) is 17.5 Å². The van der Waals surface area contributed by atoms with Crippen molar-refractivity contribution in [1.29, 1.82) is 0 Å². The lowest BCUT2D eigenvalue weighted by atomic mass is 9.59. The Morgan fingerprint density at radius 2 is 1.24 bits per heavy atom. The summed E-state index contributed by atoms with van der Waals surface area (Å²) in [5.74, 6) is 5.47. The molecular formula is C42H31N3S. The van der Waals surface area contributed by atoms with Gasteiger partial charge in [-0.15, -0.1) is 11.3 Å². The van der Waals surface area contributed by atoms with Crippen molar-refractivity contribution in [2.45, 2.75) is 31.1 Å². The van der Waals surface area contributed by atoms with Gasteiger partial charge in [-0.25, -0.2) is 15.0 Å². The van der Waals surface area contributed by atoms with E-state index in [0.29, 0.717) is 5.82 Å². The van der Waals surface area contributed by atoms with Crippen molar-refractivity contribution in [2.24, 2.45) is 23.7 Å². The number of thiophene rings is 1. The Bertz CT molecular complexity index is 2370. The van der Waals surface area contributed by atoms with Gasteiger partial charge < -0.3 is 0 Å². The zero-order valence-corrected chi connectivity index (χ0v) is 26.2. The van der Waals surface area contributed by atoms with E-state index in [1.54, 1.807) is 5.56 Å². The smallest absolute Gasteiger partial charge is 0.164 e. The summed E-state index contributed by atoms with van der Waals surface area (Å²) in [7, 11) is 0. The average molecular weight is 610 g/mol. The fraction of sp³-hybridized carbons (Fsp3) is 0.214. The topological polar surface area (TPSA) is 38.7 Å². The SMILES string of the molecule is c1ccc(-c2nc(-c3cccc4c3-c3ccccc3C43C4CC5CC(C4)C3C5)nc(-c3cccc4sc5ccccc5c34)n2)cc1. The number of nitrogens with zero attached hydrogens (tertiary/aromatic N) is 3. The van der Waals surface area contributed by atoms with Gasteiger partial charge >= 0.3 is 0 Å². The standard InChI is InChI=1S/C42H31N3S/c1-2-10-25(11-3-1)39-43-40(45-41(44-39)31-15-9-19-36-38(31)29-13-5-7-18-35(29)46-36)30-14-8-17-33-37(30)28-12-4-6-16-32(28)42(33)27-21-24-20-26(23-27)34(42)22-24/h1-19,24,26-27,34H,20-23H2. The molecule has 7 aromatic rings. The number of aromatic nitrogens is 3. The quantitative estimate of drug-likeness (QED) is 0.200. The van der Waals surface area contributed by atoms with E-state index in [2.05, 4.69) is 109 Å². The normalized spacial score (nSPS) is 25.1. The van der Waals surface area contributed by atoms with Gasteiger partial charge in [-0.2, -0.15) is 0 Å². The van der Waals surface area contributed by atoms with E-state index in [9.17, 15) is 0 Å². The van der Waals surface area contributed by atoms with Crippen molar-refractivity contribution in [3.63, 3.8) is 0 Å². The van der Waals surface area contributed by atoms with Crippen LogP contribution in [0.2, 0.25) is 0 Å². The van der Waals surface area contributed by atoms with Gasteiger partial charge in [-0.1, -0.05) is 103 Å². The molecule has 0 amide bonds. The summed E-state index contributed by atoms with van der Waals surface area (Å²) in [6.45, 7) is 0. The summed E-state index contributed by atoms with van der Waals surface area (Å²) in [5, 5.41) is 2.48. The van der Waals surface area contributed by atoms with Gasteiger partial charge in [0.1, 0.15) is 0 Å². The minimum atomic E-state index is 0.124. The van der Waals surface area contributed by atoms with Gasteiger partial charge in [0.05, 0.1) is 0 Å². The number of fused-ring (bicyclic) bond motifs is 6. The molecule has 12 rings (SSSR count). The minimum Gasteiger partial charge on any atom is -0.208 e. The Balaban J connectivity index is 1.19. The molecule has 4 saturated carbocycles. The van der Waals surface area contributed by atoms with Gasteiger partial charge in [-0.05, 0) is 83.7 Å². The first kappa shape index (κ1) is 25.5. The van der Waals surface area contributed by atoms with Crippen molar-refractivity contribution >= 4 is 31.5 Å². The minimum absolute atomic E-state index is 0.124. The van der Waals surface area contributed by atoms with Crippen molar-refractivity contribution in [3.8, 4) is 45.3 Å². The second kappa shape index (κ2) is 9.20. The molecule has 5 aliphatic rings. The van der Waals surface area contributed by atoms with Crippen LogP contribution in [0.15, 0.2) is 115 Å². The average Bonchev–Trinajstić information content (AvgIpc) is 3.80. The summed E-state index contributed by atoms with van der Waals surface area (Å²) in [5.41, 5.74) is 9.14. The predicted octanol–water partition coefficient (Wildman–Crippen LogP) is 10.6. The van der Waals surface area contributed by atoms with Crippen LogP contribution in [0.25, 0.3) is 65.5 Å². The zero-order valence-electron chi connectivity index (χ0n) is 25.4. The Morgan fingerprint density at radius 1 is 0.543 bits per heavy atom. The van der Waals surface area contributed by atoms with Crippen molar-refractivity contribution in [3.05, 3.63) is 126 Å². The van der Waals surface area contributed by atoms with Gasteiger partial charge in [-0.3, -0.25) is 0 Å². The Kier molecular flexibility index (Phi) is 5.10. The molecule has 5 aliphatic carbocycles. The van der Waals surface area contributed by atoms with Crippen LogP contribution in [0.1, 0.15) is 36.8 Å². The molecule has 46 heavy (non-hydrogen) atoms. The summed E-state index contributed by atoms with van der Waals surface area (Å²) in [6, 6.07) is 41.9. The van der Waals surface area contributed by atoms with Gasteiger partial charge in [0.2, 0.25) is 0 Å². The molecule has 1 spiro atoms. The molecule has 0 N–H and O–H groups in total. The van der Waals surface area contributed by atoms with E-state index in [-0.39, 0.29) is 5.41 Å². The molecule has 5 unspecified atom stereocenters. The lowest BCUT2D eigenvalue weighted by Crippen LogP contribution is -2.40. The fourth-order valence-electron chi connectivity index (χ4n) is 10.5. The third-order valence-electron chi connectivity index (χ3n) is 11.9. The first-order chi connectivity index (χ1) is 22.8. The van der Waals surface area contributed by atoms with Crippen LogP contribution in [0.3, 0.4) is 0 Å². The fourth-order valence-corrected chi connectivity index (χ4v) is 11.6. The number of rotatable bonds is 3. The highest BCUT2D eigenvalue weighted by Crippen LogP contribution is 2.73. The predicted molar refractivity (Wildman–Crippen MR) is 188 cm³/mol. The highest BCUT2D eigenvalue weighted by atomic mass is 32.1. The third-order valence-corrected chi connectivity index (χ3v) is 13.1. The van der Waals surface area contributed by atoms with Crippen molar-refractivity contribution in [1.82, 2.24) is 15.0 Å². The molecule has 0 aliphatic heterocycles. The zero-order chi connectivity index (χ0) is 30.0. The van der Waals surface area contributed by atoms with E-state index in [4.69, 9.17) is 15.0 Å². The Morgan fingerprint density at radius 3 is 2.15 bits per heavy atom. The summed E-state index contributed by atoms with van der Waals surface area (Å²) in [6.07, 6.45) is 5.56. The van der Waals surface area contributed by atoms with E-state index >= 15 is 0 Å². The highest BCUT2D eigenvalue weighted by Gasteiger charge is 2.66. The largest absolute Gasteiger partial charge is 0.208 e. The highest BCUT2D eigenvalue weighted by molar-refractivity contribution is 7.25. The van der Waals surface area contributed by atoms with E-state index < -0.39 is 0 Å². The molecule has 5 aromatic carbocycles. The van der Waals surface area contributed by atoms with Crippen LogP contribution in [-0.2, 0) is 5.41 Å². The van der Waals surface area contributed by atoms with E-state index in [1.807, 2.05) is 17.4 Å². The summed E-state index contributed by atoms with van der Waals surface area (Å²) >= 11 is 1.83. The maximum atomic E-state index is 5.38. The van der Waals surface area contributed by atoms with Crippen LogP contribution in [0.5, 0.6) is 0 Å². The molecule has 4 bridgehead atoms. The van der Waals surface area contributed by atoms with Crippen molar-refractivity contribution in [2.75, 3.05) is 0 Å². The van der Waals surface area contributed by atoms with Gasteiger partial charge in [0.25, 0.3) is 0 Å². The van der Waals surface area contributed by atoms with Crippen LogP contribution >= 0.6 is 11.3 Å². The van der Waals surface area contributed by atoms with E-state index in [0.717, 1.165) is 52.0 Å². The molecular weight excluding hydrogens is 579 g/mol. The number of hydrogen-bond acceptors (Lipinski definition) is 4. The lowest BCUT2D eigenvalue weighted by molar-refractivity contribution is 0.191. The third kappa shape index (κ3) is 3.25. The van der Waals surface area contributed by atoms with Crippen LogP contribution < -0.4 is 0 Å². The molecule has 5 atom stereocenters. The second-order valence-electron chi connectivity index (χ2n) is 14.0. The van der Waals surface area contributed by atoms with Crippen LogP contribution in [0.4, 0.5) is 0 Å². The maximum absolute atomic E-state index is 5.38. The molecule has 2 aromatic heterocycles. The molecule has 2 heterocycles. The Hall–Kier alpha value is -4.67. The summed E-state index contributed by atoms with van der Waals surface area (Å²) < 4.78 is 2.54. The van der Waals surface area contributed by atoms with Crippen LogP contribution in [0, 0.1) is 23.7 Å². The Labute approximate surface area is 272 Å². The molecule has 3 nitrogen and oxygen atoms in total. The molecule has 4 heteroatoms. The first-order valence-electron chi connectivity index (χ1n) is 16.7. The monoisotopic (exact) mass is 609 g/mol. The molecule has 0 radical (unpaired) electrons. The lowest BCUT2D eigenvalue weighted by Gasteiger charge is -2.43. The molecule has 4 fully saturated rings. The number of hydrogen-bond donors (Lipinski definition) is 0. The van der Waals surface area contributed by atoms with Crippen molar-refractivity contribution < 1.29 is 0 Å². The maximum Gasteiger partial charge on any atom is 0.164 e. The van der Waals surface area contributed by atoms with Crippen LogP contribution in [-0.4, -0.2) is 15.0 Å². The molecule has 220 valence electrons. The van der Waals surface area contributed by atoms with Gasteiger partial charge in [0, 0.05) is 42.3 Å². The van der Waals surface area contributed by atoms with E-state index in [1.165, 1.54) is 62.5 Å². The molecule has 0 saturated heterocycles.